The lowest BCUT2D eigenvalue weighted by Crippen LogP contribution is -2.13. The van der Waals surface area contributed by atoms with Gasteiger partial charge in [-0.1, -0.05) is 12.1 Å². The van der Waals surface area contributed by atoms with Gasteiger partial charge in [-0.15, -0.1) is 0 Å². The highest BCUT2D eigenvalue weighted by atomic mass is 32.2. The second-order valence-electron chi connectivity index (χ2n) is 4.26. The van der Waals surface area contributed by atoms with E-state index in [9.17, 15) is 12.8 Å². The molecule has 2 rings (SSSR count). The summed E-state index contributed by atoms with van der Waals surface area (Å²) in [5.74, 6) is -0.626. The molecule has 112 valence electrons. The highest BCUT2D eigenvalue weighted by molar-refractivity contribution is 7.92. The van der Waals surface area contributed by atoms with Gasteiger partial charge in [0.25, 0.3) is 10.0 Å². The molecule has 2 aromatic carbocycles. The smallest absolute Gasteiger partial charge is 0.261 e. The lowest BCUT2D eigenvalue weighted by molar-refractivity contribution is 0.282. The summed E-state index contributed by atoms with van der Waals surface area (Å²) in [6.45, 7) is -0.164. The average molecular weight is 311 g/mol. The van der Waals surface area contributed by atoms with E-state index < -0.39 is 15.8 Å². The fourth-order valence-electron chi connectivity index (χ4n) is 1.71. The molecule has 0 amide bonds. The van der Waals surface area contributed by atoms with Gasteiger partial charge in [0.2, 0.25) is 0 Å². The molecule has 0 saturated carbocycles. The van der Waals surface area contributed by atoms with Gasteiger partial charge in [-0.2, -0.15) is 0 Å². The first kappa shape index (κ1) is 15.3. The van der Waals surface area contributed by atoms with Crippen molar-refractivity contribution in [1.82, 2.24) is 0 Å². The molecule has 0 unspecified atom stereocenters. The molecule has 0 bridgehead atoms. The number of nitrogens with one attached hydrogen (secondary N) is 1. The molecule has 0 saturated heterocycles. The third-order valence-corrected chi connectivity index (χ3v) is 4.22. The number of halogens is 1. The number of aliphatic hydroxyl groups excluding tert-OH is 1. The fraction of sp³-hybridized carbons (Fsp3) is 0.143. The second kappa shape index (κ2) is 6.11. The van der Waals surface area contributed by atoms with E-state index in [0.29, 0.717) is 5.56 Å². The van der Waals surface area contributed by atoms with E-state index in [1.54, 1.807) is 0 Å². The third kappa shape index (κ3) is 3.50. The molecule has 0 aliphatic rings. The van der Waals surface area contributed by atoms with Gasteiger partial charge in [-0.05, 0) is 29.8 Å². The van der Waals surface area contributed by atoms with Crippen LogP contribution in [0.15, 0.2) is 47.4 Å². The Kier molecular flexibility index (Phi) is 4.44. The molecular weight excluding hydrogens is 297 g/mol. The van der Waals surface area contributed by atoms with Gasteiger partial charge in [-0.3, -0.25) is 4.72 Å². The largest absolute Gasteiger partial charge is 0.494 e. The maximum Gasteiger partial charge on any atom is 0.261 e. The molecule has 21 heavy (non-hydrogen) atoms. The number of anilines is 1. The van der Waals surface area contributed by atoms with Crippen molar-refractivity contribution in [2.45, 2.75) is 11.5 Å². The first-order chi connectivity index (χ1) is 9.96. The Bertz CT molecular complexity index is 729. The Hall–Kier alpha value is -2.12. The highest BCUT2D eigenvalue weighted by Gasteiger charge is 2.15. The highest BCUT2D eigenvalue weighted by Crippen LogP contribution is 2.23. The molecule has 5 nitrogen and oxygen atoms in total. The van der Waals surface area contributed by atoms with Gasteiger partial charge >= 0.3 is 0 Å². The van der Waals surface area contributed by atoms with E-state index in [1.165, 1.54) is 43.5 Å². The van der Waals surface area contributed by atoms with Crippen molar-refractivity contribution in [3.05, 3.63) is 53.8 Å². The van der Waals surface area contributed by atoms with E-state index in [0.717, 1.165) is 6.07 Å². The van der Waals surface area contributed by atoms with Gasteiger partial charge in [0, 0.05) is 6.07 Å². The molecule has 0 aliphatic heterocycles. The summed E-state index contributed by atoms with van der Waals surface area (Å²) in [4.78, 5) is 0.0444. The summed E-state index contributed by atoms with van der Waals surface area (Å²) in [5.41, 5.74) is 0.803. The summed E-state index contributed by atoms with van der Waals surface area (Å²) in [5, 5.41) is 8.94. The number of sulfonamides is 1. The summed E-state index contributed by atoms with van der Waals surface area (Å²) >= 11 is 0. The molecular formula is C14H14FNO4S. The molecule has 0 aromatic heterocycles. The van der Waals surface area contributed by atoms with Crippen molar-refractivity contribution in [2.75, 3.05) is 11.8 Å². The average Bonchev–Trinajstić information content (AvgIpc) is 2.49. The van der Waals surface area contributed by atoms with Crippen LogP contribution < -0.4 is 9.46 Å². The molecule has 0 radical (unpaired) electrons. The van der Waals surface area contributed by atoms with Crippen LogP contribution in [0.3, 0.4) is 0 Å². The monoisotopic (exact) mass is 311 g/mol. The Morgan fingerprint density at radius 2 is 1.86 bits per heavy atom. The van der Waals surface area contributed by atoms with Crippen LogP contribution in [0.2, 0.25) is 0 Å². The van der Waals surface area contributed by atoms with Gasteiger partial charge in [-0.25, -0.2) is 12.8 Å². The number of hydrogen-bond acceptors (Lipinski definition) is 4. The lowest BCUT2D eigenvalue weighted by Gasteiger charge is -2.10. The number of hydrogen-bond donors (Lipinski definition) is 2. The van der Waals surface area contributed by atoms with Crippen LogP contribution in [0.5, 0.6) is 5.75 Å². The number of rotatable bonds is 5. The second-order valence-corrected chi connectivity index (χ2v) is 5.94. The van der Waals surface area contributed by atoms with Crippen molar-refractivity contribution < 1.29 is 22.7 Å². The SMILES string of the molecule is COc1cc(NS(=O)(=O)c2ccc(CO)cc2)ccc1F. The number of benzene rings is 2. The molecule has 2 aromatic rings. The Morgan fingerprint density at radius 1 is 1.19 bits per heavy atom. The molecule has 0 spiro atoms. The fourth-order valence-corrected chi connectivity index (χ4v) is 2.76. The number of methoxy groups -OCH3 is 1. The van der Waals surface area contributed by atoms with Crippen molar-refractivity contribution in [3.8, 4) is 5.75 Å². The van der Waals surface area contributed by atoms with Crippen LogP contribution in [-0.4, -0.2) is 20.6 Å². The number of aliphatic hydroxyl groups is 1. The Balaban J connectivity index is 2.28. The van der Waals surface area contributed by atoms with Gasteiger partial charge in [0.05, 0.1) is 24.3 Å². The molecule has 0 atom stereocenters. The minimum atomic E-state index is -3.79. The van der Waals surface area contributed by atoms with E-state index >= 15 is 0 Å². The zero-order chi connectivity index (χ0) is 15.5. The minimum Gasteiger partial charge on any atom is -0.494 e. The first-order valence-electron chi connectivity index (χ1n) is 6.02. The van der Waals surface area contributed by atoms with Crippen LogP contribution in [-0.2, 0) is 16.6 Å². The Labute approximate surface area is 122 Å². The van der Waals surface area contributed by atoms with E-state index in [1.807, 2.05) is 0 Å². The van der Waals surface area contributed by atoms with Crippen LogP contribution in [0.1, 0.15) is 5.56 Å². The molecule has 0 fully saturated rings. The summed E-state index contributed by atoms with van der Waals surface area (Å²) in [7, 11) is -2.49. The number of ether oxygens (including phenoxy) is 1. The molecule has 7 heteroatoms. The van der Waals surface area contributed by atoms with Crippen LogP contribution in [0.4, 0.5) is 10.1 Å². The van der Waals surface area contributed by atoms with E-state index in [-0.39, 0.29) is 22.9 Å². The zero-order valence-corrected chi connectivity index (χ0v) is 12.0. The quantitative estimate of drug-likeness (QED) is 0.887. The van der Waals surface area contributed by atoms with Crippen molar-refractivity contribution in [2.24, 2.45) is 0 Å². The predicted molar refractivity (Wildman–Crippen MR) is 76.1 cm³/mol. The normalized spacial score (nSPS) is 11.2. The predicted octanol–water partition coefficient (Wildman–Crippen LogP) is 2.13. The van der Waals surface area contributed by atoms with Gasteiger partial charge in [0.1, 0.15) is 0 Å². The molecule has 0 aliphatic carbocycles. The molecule has 0 heterocycles. The van der Waals surface area contributed by atoms with E-state index in [2.05, 4.69) is 4.72 Å². The third-order valence-electron chi connectivity index (χ3n) is 2.82. The summed E-state index contributed by atoms with van der Waals surface area (Å²) < 4.78 is 44.8. The Morgan fingerprint density at radius 3 is 2.43 bits per heavy atom. The first-order valence-corrected chi connectivity index (χ1v) is 7.51. The van der Waals surface area contributed by atoms with Crippen molar-refractivity contribution >= 4 is 15.7 Å². The van der Waals surface area contributed by atoms with Crippen LogP contribution in [0, 0.1) is 5.82 Å². The van der Waals surface area contributed by atoms with E-state index in [4.69, 9.17) is 9.84 Å². The summed E-state index contributed by atoms with van der Waals surface area (Å²) in [6, 6.07) is 9.47. The van der Waals surface area contributed by atoms with Crippen LogP contribution >= 0.6 is 0 Å². The zero-order valence-electron chi connectivity index (χ0n) is 11.2. The topological polar surface area (TPSA) is 75.6 Å². The maximum atomic E-state index is 13.3. The standard InChI is InChI=1S/C14H14FNO4S/c1-20-14-8-11(4-7-13(14)15)16-21(18,19)12-5-2-10(9-17)3-6-12/h2-8,16-17H,9H2,1H3. The van der Waals surface area contributed by atoms with Gasteiger partial charge < -0.3 is 9.84 Å². The summed E-state index contributed by atoms with van der Waals surface area (Å²) in [6.07, 6.45) is 0. The van der Waals surface area contributed by atoms with Crippen molar-refractivity contribution in [1.29, 1.82) is 0 Å². The lowest BCUT2D eigenvalue weighted by atomic mass is 10.2. The maximum absolute atomic E-state index is 13.3. The minimum absolute atomic E-state index is 0.0444. The molecule has 2 N–H and O–H groups in total. The van der Waals surface area contributed by atoms with Crippen molar-refractivity contribution in [3.63, 3.8) is 0 Å². The van der Waals surface area contributed by atoms with Crippen LogP contribution in [0.25, 0.3) is 0 Å². The van der Waals surface area contributed by atoms with Gasteiger partial charge in [0.15, 0.2) is 11.6 Å².